The molecule has 82 valence electrons. The van der Waals surface area contributed by atoms with Crippen molar-refractivity contribution in [3.05, 3.63) is 30.5 Å². The first-order valence-corrected chi connectivity index (χ1v) is 4.64. The molecule has 0 aromatic carbocycles. The van der Waals surface area contributed by atoms with E-state index in [4.69, 9.17) is 5.11 Å². The third-order valence-corrected chi connectivity index (χ3v) is 1.96. The van der Waals surface area contributed by atoms with Gasteiger partial charge in [-0.05, 0) is 6.92 Å². The Hall–Kier alpha value is -1.49. The van der Waals surface area contributed by atoms with E-state index in [0.717, 1.165) is 0 Å². The van der Waals surface area contributed by atoms with Gasteiger partial charge in [0, 0.05) is 13.1 Å². The Morgan fingerprint density at radius 2 is 2.33 bits per heavy atom. The molecular formula is C10H14FN3O. The van der Waals surface area contributed by atoms with Gasteiger partial charge in [-0.1, -0.05) is 6.08 Å². The highest BCUT2D eigenvalue weighted by Gasteiger charge is 2.13. The van der Waals surface area contributed by atoms with Gasteiger partial charge in [0.05, 0.1) is 12.3 Å². The minimum atomic E-state index is -0.451. The lowest BCUT2D eigenvalue weighted by atomic mass is 10.3. The van der Waals surface area contributed by atoms with Crippen molar-refractivity contribution < 1.29 is 9.50 Å². The smallest absolute Gasteiger partial charge is 0.186 e. The van der Waals surface area contributed by atoms with Gasteiger partial charge in [-0.3, -0.25) is 0 Å². The van der Waals surface area contributed by atoms with Gasteiger partial charge < -0.3 is 10.0 Å². The van der Waals surface area contributed by atoms with E-state index < -0.39 is 5.82 Å². The number of rotatable bonds is 5. The van der Waals surface area contributed by atoms with Crippen LogP contribution in [-0.2, 0) is 0 Å². The van der Waals surface area contributed by atoms with Gasteiger partial charge in [-0.15, -0.1) is 6.58 Å². The molecule has 5 heteroatoms. The highest BCUT2D eigenvalue weighted by Crippen LogP contribution is 2.16. The van der Waals surface area contributed by atoms with Gasteiger partial charge in [-0.25, -0.2) is 14.4 Å². The second-order valence-corrected chi connectivity index (χ2v) is 3.05. The van der Waals surface area contributed by atoms with Crippen LogP contribution in [0.4, 0.5) is 10.2 Å². The van der Waals surface area contributed by atoms with Crippen LogP contribution in [-0.4, -0.2) is 34.8 Å². The third-order valence-electron chi connectivity index (χ3n) is 1.96. The zero-order chi connectivity index (χ0) is 11.3. The summed E-state index contributed by atoms with van der Waals surface area (Å²) in [6.07, 6.45) is 2.94. The lowest BCUT2D eigenvalue weighted by molar-refractivity contribution is 0.302. The first kappa shape index (κ1) is 11.6. The first-order valence-electron chi connectivity index (χ1n) is 4.64. The van der Waals surface area contributed by atoms with Gasteiger partial charge in [0.25, 0.3) is 0 Å². The molecule has 0 spiro atoms. The van der Waals surface area contributed by atoms with Crippen molar-refractivity contribution in [1.82, 2.24) is 9.97 Å². The number of aromatic nitrogens is 2. The number of hydrogen-bond donors (Lipinski definition) is 1. The molecule has 4 nitrogen and oxygen atoms in total. The molecule has 0 radical (unpaired) electrons. The maximum absolute atomic E-state index is 13.6. The molecule has 1 aromatic rings. The Bertz CT molecular complexity index is 343. The highest BCUT2D eigenvalue weighted by atomic mass is 19.1. The number of hydrogen-bond acceptors (Lipinski definition) is 4. The molecule has 0 bridgehead atoms. The van der Waals surface area contributed by atoms with Crippen LogP contribution in [0.2, 0.25) is 0 Å². The molecule has 0 atom stereocenters. The van der Waals surface area contributed by atoms with Gasteiger partial charge in [0.1, 0.15) is 6.33 Å². The maximum Gasteiger partial charge on any atom is 0.186 e. The summed E-state index contributed by atoms with van der Waals surface area (Å²) in [5.74, 6) is -0.246. The van der Waals surface area contributed by atoms with Crippen LogP contribution in [0.1, 0.15) is 5.69 Å². The Kier molecular flexibility index (Phi) is 4.17. The van der Waals surface area contributed by atoms with Crippen molar-refractivity contribution in [3.63, 3.8) is 0 Å². The lowest BCUT2D eigenvalue weighted by Crippen LogP contribution is -2.28. The van der Waals surface area contributed by atoms with Crippen molar-refractivity contribution in [2.75, 3.05) is 24.6 Å². The molecule has 1 aromatic heterocycles. The fourth-order valence-corrected chi connectivity index (χ4v) is 1.23. The van der Waals surface area contributed by atoms with Gasteiger partial charge in [0.15, 0.2) is 11.6 Å². The molecule has 1 rings (SSSR count). The van der Waals surface area contributed by atoms with E-state index in [-0.39, 0.29) is 12.4 Å². The van der Waals surface area contributed by atoms with Crippen molar-refractivity contribution in [2.24, 2.45) is 0 Å². The molecule has 0 aliphatic carbocycles. The van der Waals surface area contributed by atoms with Crippen molar-refractivity contribution in [3.8, 4) is 0 Å². The van der Waals surface area contributed by atoms with E-state index >= 15 is 0 Å². The molecule has 0 amide bonds. The van der Waals surface area contributed by atoms with Crippen LogP contribution < -0.4 is 4.90 Å². The number of halogens is 1. The van der Waals surface area contributed by atoms with Gasteiger partial charge >= 0.3 is 0 Å². The number of aliphatic hydroxyl groups is 1. The summed E-state index contributed by atoms with van der Waals surface area (Å²) < 4.78 is 13.6. The Morgan fingerprint density at radius 3 is 2.93 bits per heavy atom. The molecule has 1 heterocycles. The fraction of sp³-hybridized carbons (Fsp3) is 0.400. The summed E-state index contributed by atoms with van der Waals surface area (Å²) in [6.45, 7) is 5.84. The number of aliphatic hydroxyl groups excluding tert-OH is 1. The molecule has 15 heavy (non-hydrogen) atoms. The van der Waals surface area contributed by atoms with E-state index in [1.165, 1.54) is 6.33 Å². The summed E-state index contributed by atoms with van der Waals surface area (Å²) in [5.41, 5.74) is 0.298. The monoisotopic (exact) mass is 211 g/mol. The molecule has 0 saturated heterocycles. The van der Waals surface area contributed by atoms with Crippen LogP contribution in [0.25, 0.3) is 0 Å². The topological polar surface area (TPSA) is 49.2 Å². The second-order valence-electron chi connectivity index (χ2n) is 3.05. The predicted molar refractivity (Wildman–Crippen MR) is 56.2 cm³/mol. The van der Waals surface area contributed by atoms with Crippen molar-refractivity contribution in [2.45, 2.75) is 6.92 Å². The van der Waals surface area contributed by atoms with Gasteiger partial charge in [-0.2, -0.15) is 0 Å². The zero-order valence-corrected chi connectivity index (χ0v) is 8.65. The Labute approximate surface area is 88.1 Å². The van der Waals surface area contributed by atoms with Crippen molar-refractivity contribution >= 4 is 5.82 Å². The number of aryl methyl sites for hydroxylation is 1. The average molecular weight is 211 g/mol. The molecule has 0 aliphatic rings. The van der Waals surface area contributed by atoms with E-state index in [1.54, 1.807) is 17.9 Å². The number of anilines is 1. The largest absolute Gasteiger partial charge is 0.395 e. The lowest BCUT2D eigenvalue weighted by Gasteiger charge is -2.21. The minimum absolute atomic E-state index is 0.0592. The van der Waals surface area contributed by atoms with E-state index in [2.05, 4.69) is 16.5 Å². The maximum atomic E-state index is 13.6. The highest BCUT2D eigenvalue weighted by molar-refractivity contribution is 5.41. The quantitative estimate of drug-likeness (QED) is 0.735. The summed E-state index contributed by atoms with van der Waals surface area (Å²) in [7, 11) is 0. The van der Waals surface area contributed by atoms with Crippen LogP contribution in [0.5, 0.6) is 0 Å². The minimum Gasteiger partial charge on any atom is -0.395 e. The Morgan fingerprint density at radius 1 is 1.60 bits per heavy atom. The number of nitrogens with zero attached hydrogens (tertiary/aromatic N) is 3. The SMILES string of the molecule is C=CCN(CCO)c1ncnc(C)c1F. The first-order chi connectivity index (χ1) is 7.20. The second kappa shape index (κ2) is 5.41. The standard InChI is InChI=1S/C10H14FN3O/c1-3-4-14(5-6-15)10-9(11)8(2)12-7-13-10/h3,7,15H,1,4-6H2,2H3. The van der Waals surface area contributed by atoms with E-state index in [0.29, 0.717) is 18.8 Å². The molecule has 0 fully saturated rings. The summed E-state index contributed by atoms with van der Waals surface area (Å²) in [4.78, 5) is 9.21. The van der Waals surface area contributed by atoms with E-state index in [1.807, 2.05) is 0 Å². The predicted octanol–water partition coefficient (Wildman–Crippen LogP) is 0.909. The summed E-state index contributed by atoms with van der Waals surface area (Å²) in [6, 6.07) is 0. The van der Waals surface area contributed by atoms with Gasteiger partial charge in [0.2, 0.25) is 0 Å². The van der Waals surface area contributed by atoms with Crippen LogP contribution in [0.3, 0.4) is 0 Å². The van der Waals surface area contributed by atoms with Crippen LogP contribution >= 0.6 is 0 Å². The average Bonchev–Trinajstić information content (AvgIpc) is 2.22. The Balaban J connectivity index is 2.99. The molecule has 0 saturated carbocycles. The molecule has 1 N–H and O–H groups in total. The fourth-order valence-electron chi connectivity index (χ4n) is 1.23. The molecular weight excluding hydrogens is 197 g/mol. The zero-order valence-electron chi connectivity index (χ0n) is 8.65. The third kappa shape index (κ3) is 2.73. The molecule has 0 aliphatic heterocycles. The van der Waals surface area contributed by atoms with Crippen LogP contribution in [0.15, 0.2) is 19.0 Å². The van der Waals surface area contributed by atoms with Crippen LogP contribution in [0, 0.1) is 12.7 Å². The summed E-state index contributed by atoms with van der Waals surface area (Å²) >= 11 is 0. The normalized spacial score (nSPS) is 10.1. The van der Waals surface area contributed by atoms with E-state index in [9.17, 15) is 4.39 Å². The summed E-state index contributed by atoms with van der Waals surface area (Å²) in [5, 5.41) is 8.84. The molecule has 0 unspecified atom stereocenters. The van der Waals surface area contributed by atoms with Crippen molar-refractivity contribution in [1.29, 1.82) is 0 Å².